The number of fused-ring (bicyclic) bond motifs is 1. The molecule has 2 aromatic rings. The maximum absolute atomic E-state index is 10.4. The molecule has 2 heterocycles. The fourth-order valence-electron chi connectivity index (χ4n) is 1.18. The minimum Gasteiger partial charge on any atom is -0.481 e. The minimum atomic E-state index is -0.842. The molecule has 0 aromatic carbocycles. The summed E-state index contributed by atoms with van der Waals surface area (Å²) in [6, 6.07) is 1.75. The van der Waals surface area contributed by atoms with E-state index in [0.29, 0.717) is 18.0 Å². The Morgan fingerprint density at radius 1 is 1.50 bits per heavy atom. The van der Waals surface area contributed by atoms with E-state index in [2.05, 4.69) is 15.2 Å². The Balaban J connectivity index is 2.29. The SMILES string of the molecule is O=C(O)CCc1nnc2ncccn12. The topological polar surface area (TPSA) is 80.4 Å². The van der Waals surface area contributed by atoms with Crippen LogP contribution in [0, 0.1) is 0 Å². The zero-order chi connectivity index (χ0) is 9.97. The molecule has 2 aromatic heterocycles. The third-order valence-corrected chi connectivity index (χ3v) is 1.82. The van der Waals surface area contributed by atoms with Crippen LogP contribution in [0.5, 0.6) is 0 Å². The highest BCUT2D eigenvalue weighted by molar-refractivity contribution is 5.66. The molecule has 0 fully saturated rings. The molecule has 0 radical (unpaired) electrons. The van der Waals surface area contributed by atoms with Crippen molar-refractivity contribution in [1.82, 2.24) is 19.6 Å². The Kier molecular flexibility index (Phi) is 2.10. The number of carboxylic acid groups (broad SMARTS) is 1. The zero-order valence-corrected chi connectivity index (χ0v) is 7.29. The van der Waals surface area contributed by atoms with Gasteiger partial charge in [-0.1, -0.05) is 0 Å². The molecule has 14 heavy (non-hydrogen) atoms. The first-order valence-corrected chi connectivity index (χ1v) is 4.14. The molecule has 0 saturated carbocycles. The number of aromatic nitrogens is 4. The summed E-state index contributed by atoms with van der Waals surface area (Å²) in [6.45, 7) is 0. The van der Waals surface area contributed by atoms with Crippen molar-refractivity contribution >= 4 is 11.7 Å². The lowest BCUT2D eigenvalue weighted by atomic mass is 10.3. The van der Waals surface area contributed by atoms with E-state index in [0.717, 1.165) is 0 Å². The second-order valence-electron chi connectivity index (χ2n) is 2.80. The fourth-order valence-corrected chi connectivity index (χ4v) is 1.18. The molecule has 6 nitrogen and oxygen atoms in total. The maximum atomic E-state index is 10.4. The summed E-state index contributed by atoms with van der Waals surface area (Å²) in [4.78, 5) is 14.3. The molecule has 6 heteroatoms. The summed E-state index contributed by atoms with van der Waals surface area (Å²) in [7, 11) is 0. The largest absolute Gasteiger partial charge is 0.481 e. The first-order valence-electron chi connectivity index (χ1n) is 4.14. The Hall–Kier alpha value is -1.98. The number of carbonyl (C=O) groups is 1. The van der Waals surface area contributed by atoms with Gasteiger partial charge in [0, 0.05) is 18.8 Å². The smallest absolute Gasteiger partial charge is 0.303 e. The van der Waals surface area contributed by atoms with Crippen molar-refractivity contribution in [2.45, 2.75) is 12.8 Å². The molecule has 0 aliphatic rings. The number of hydrogen-bond donors (Lipinski definition) is 1. The standard InChI is InChI=1S/C8H8N4O2/c13-7(14)3-2-6-10-11-8-9-4-1-5-12(6)8/h1,4-5H,2-3H2,(H,13,14). The van der Waals surface area contributed by atoms with Gasteiger partial charge in [0.25, 0.3) is 5.78 Å². The maximum Gasteiger partial charge on any atom is 0.303 e. The lowest BCUT2D eigenvalue weighted by Gasteiger charge is -1.95. The third-order valence-electron chi connectivity index (χ3n) is 1.82. The van der Waals surface area contributed by atoms with Gasteiger partial charge < -0.3 is 5.11 Å². The molecule has 0 atom stereocenters. The van der Waals surface area contributed by atoms with E-state index < -0.39 is 5.97 Å². The monoisotopic (exact) mass is 192 g/mol. The predicted molar refractivity (Wildman–Crippen MR) is 46.7 cm³/mol. The van der Waals surface area contributed by atoms with Gasteiger partial charge in [-0.25, -0.2) is 4.98 Å². The average Bonchev–Trinajstić information content (AvgIpc) is 2.58. The summed E-state index contributed by atoms with van der Waals surface area (Å²) in [5.41, 5.74) is 0. The van der Waals surface area contributed by atoms with Crippen LogP contribution in [0.4, 0.5) is 0 Å². The van der Waals surface area contributed by atoms with Gasteiger partial charge in [0.2, 0.25) is 0 Å². The van der Waals surface area contributed by atoms with Crippen molar-refractivity contribution in [2.75, 3.05) is 0 Å². The van der Waals surface area contributed by atoms with Crippen LogP contribution >= 0.6 is 0 Å². The van der Waals surface area contributed by atoms with Crippen molar-refractivity contribution < 1.29 is 9.90 Å². The summed E-state index contributed by atoms with van der Waals surface area (Å²) >= 11 is 0. The Bertz CT molecular complexity index is 465. The Labute approximate surface area is 79.2 Å². The number of hydrogen-bond acceptors (Lipinski definition) is 4. The van der Waals surface area contributed by atoms with Gasteiger partial charge in [0.15, 0.2) is 0 Å². The highest BCUT2D eigenvalue weighted by atomic mass is 16.4. The predicted octanol–water partition coefficient (Wildman–Crippen LogP) is 0.141. The third kappa shape index (κ3) is 1.54. The lowest BCUT2D eigenvalue weighted by molar-refractivity contribution is -0.137. The highest BCUT2D eigenvalue weighted by Gasteiger charge is 2.06. The van der Waals surface area contributed by atoms with E-state index in [9.17, 15) is 4.79 Å². The van der Waals surface area contributed by atoms with Gasteiger partial charge in [0.1, 0.15) is 5.82 Å². The molecule has 0 unspecified atom stereocenters. The highest BCUT2D eigenvalue weighted by Crippen LogP contribution is 2.02. The number of aryl methyl sites for hydroxylation is 1. The molecule has 0 spiro atoms. The minimum absolute atomic E-state index is 0.0513. The molecule has 2 rings (SSSR count). The summed E-state index contributed by atoms with van der Waals surface area (Å²) in [5.74, 6) is 0.272. The second kappa shape index (κ2) is 3.41. The van der Waals surface area contributed by atoms with E-state index in [1.54, 1.807) is 22.9 Å². The van der Waals surface area contributed by atoms with Crippen molar-refractivity contribution in [3.05, 3.63) is 24.3 Å². The van der Waals surface area contributed by atoms with Crippen molar-refractivity contribution in [1.29, 1.82) is 0 Å². The second-order valence-corrected chi connectivity index (χ2v) is 2.80. The van der Waals surface area contributed by atoms with Crippen LogP contribution in [0.1, 0.15) is 12.2 Å². The Morgan fingerprint density at radius 2 is 2.36 bits per heavy atom. The van der Waals surface area contributed by atoms with Gasteiger partial charge in [-0.3, -0.25) is 9.20 Å². The lowest BCUT2D eigenvalue weighted by Crippen LogP contribution is -2.01. The molecular weight excluding hydrogens is 184 g/mol. The van der Waals surface area contributed by atoms with Crippen LogP contribution in [0.2, 0.25) is 0 Å². The molecule has 0 bridgehead atoms. The molecule has 72 valence electrons. The van der Waals surface area contributed by atoms with Gasteiger partial charge in [-0.15, -0.1) is 10.2 Å². The quantitative estimate of drug-likeness (QED) is 0.748. The average molecular weight is 192 g/mol. The van der Waals surface area contributed by atoms with Crippen LogP contribution in [0.15, 0.2) is 18.5 Å². The first kappa shape index (κ1) is 8.61. The summed E-state index contributed by atoms with van der Waals surface area (Å²) in [6.07, 6.45) is 3.79. The van der Waals surface area contributed by atoms with Gasteiger partial charge in [0.05, 0.1) is 6.42 Å². The Morgan fingerprint density at radius 3 is 3.14 bits per heavy atom. The van der Waals surface area contributed by atoms with Gasteiger partial charge in [-0.2, -0.15) is 0 Å². The van der Waals surface area contributed by atoms with Crippen molar-refractivity contribution in [3.63, 3.8) is 0 Å². The fraction of sp³-hybridized carbons (Fsp3) is 0.250. The van der Waals surface area contributed by atoms with Crippen LogP contribution in [-0.2, 0) is 11.2 Å². The van der Waals surface area contributed by atoms with Crippen LogP contribution in [0.3, 0.4) is 0 Å². The molecule has 0 aliphatic carbocycles. The molecule has 0 saturated heterocycles. The van der Waals surface area contributed by atoms with Gasteiger partial charge >= 0.3 is 5.97 Å². The molecule has 0 amide bonds. The van der Waals surface area contributed by atoms with Crippen molar-refractivity contribution in [2.24, 2.45) is 0 Å². The van der Waals surface area contributed by atoms with Crippen molar-refractivity contribution in [3.8, 4) is 0 Å². The molecule has 1 N–H and O–H groups in total. The first-order chi connectivity index (χ1) is 6.77. The number of nitrogens with zero attached hydrogens (tertiary/aromatic N) is 4. The summed E-state index contributed by atoms with van der Waals surface area (Å²) < 4.78 is 1.68. The van der Waals surface area contributed by atoms with E-state index in [1.807, 2.05) is 0 Å². The van der Waals surface area contributed by atoms with E-state index in [1.165, 1.54) is 0 Å². The molecule has 0 aliphatic heterocycles. The van der Waals surface area contributed by atoms with Crippen LogP contribution in [-0.4, -0.2) is 30.7 Å². The van der Waals surface area contributed by atoms with Crippen LogP contribution < -0.4 is 0 Å². The van der Waals surface area contributed by atoms with Crippen LogP contribution in [0.25, 0.3) is 5.78 Å². The van der Waals surface area contributed by atoms with E-state index >= 15 is 0 Å². The normalized spacial score (nSPS) is 10.6. The number of carboxylic acids is 1. The van der Waals surface area contributed by atoms with E-state index in [-0.39, 0.29) is 6.42 Å². The number of aliphatic carboxylic acids is 1. The van der Waals surface area contributed by atoms with Gasteiger partial charge in [-0.05, 0) is 6.07 Å². The van der Waals surface area contributed by atoms with E-state index in [4.69, 9.17) is 5.11 Å². The molecular formula is C8H8N4O2. The number of rotatable bonds is 3. The summed E-state index contributed by atoms with van der Waals surface area (Å²) in [5, 5.41) is 16.2. The zero-order valence-electron chi connectivity index (χ0n) is 7.29.